The van der Waals surface area contributed by atoms with Crippen LogP contribution in [0.4, 0.5) is 17.5 Å². The number of anilines is 3. The molecule has 5 heterocycles. The first-order chi connectivity index (χ1) is 45.0. The van der Waals surface area contributed by atoms with E-state index in [1.165, 1.54) is 15.1 Å². The maximum Gasteiger partial charge on any atom is 2.00 e. The van der Waals surface area contributed by atoms with E-state index in [1.54, 1.807) is 131 Å². The molecule has 0 atom stereocenters. The summed E-state index contributed by atoms with van der Waals surface area (Å²) in [5, 5.41) is 39.6. The molecule has 516 valence electrons. The third-order valence-corrected chi connectivity index (χ3v) is 19.5. The number of nitriles is 1. The summed E-state index contributed by atoms with van der Waals surface area (Å²) in [5.74, 6) is 12.2. The summed E-state index contributed by atoms with van der Waals surface area (Å²) in [6.45, 7) is 38.5. The zero-order valence-corrected chi connectivity index (χ0v) is 72.5. The predicted molar refractivity (Wildman–Crippen MR) is 370 cm³/mol. The Morgan fingerprint density at radius 3 is 1.27 bits per heavy atom. The third-order valence-electron chi connectivity index (χ3n) is 13.6. The van der Waals surface area contributed by atoms with Crippen LogP contribution in [0.5, 0.6) is 0 Å². The second kappa shape index (κ2) is 40.4. The first-order valence-corrected chi connectivity index (χ1v) is 35.2. The van der Waals surface area contributed by atoms with Crippen molar-refractivity contribution in [2.45, 2.75) is 140 Å². The number of nitrogens with zero attached hydrogens (tertiary/aromatic N) is 8. The van der Waals surface area contributed by atoms with Crippen molar-refractivity contribution < 1.29 is 182 Å². The average molecular weight is 1580 g/mol. The van der Waals surface area contributed by atoms with E-state index in [1.807, 2.05) is 38.1 Å². The first-order valence-electron chi connectivity index (χ1n) is 28.6. The zero-order valence-electron chi connectivity index (χ0n) is 59.5. The van der Waals surface area contributed by atoms with Crippen molar-refractivity contribution in [2.24, 2.45) is 0 Å². The molecule has 0 radical (unpaired) electrons. The van der Waals surface area contributed by atoms with Crippen LogP contribution in [0.25, 0.3) is 11.0 Å². The number of hydrogen-bond acceptors (Lipinski definition) is 17. The standard InChI is InChI=1S/C19H20N4O2S.2C18H20ClN3O2S.C9H12O3S.2CN.CH2O3.2K.Zn.H/c1-13-11-17-14(12-20)5-10-18(23(17)21-13)22-26(24,25)16-8-6-15(7-9-16)19(2,3)4;1-12-11-16-15(19)9-10-17(22(16)20-12)21-25(23,24)14-7-5-13(6-8-14)18(2,3)4;1-5-6-16-15(19)11-12-17(22(16)20)21-25(23,24)14-9-7-13(8-10-14)18(2,3)4;1-6-4-7(2)9(8(3)5-6)13(10,11)12;2*1-2;2-1-4-3;;;;/h5-11,22H,1-4H3;5-11,21H,1-4H3;7-12H,20H2,1-4H3;4-5H,1-3H3,(H,10,11,12);;;1,3H;;;;/q;;;;2*-1;;2*+1;+2;-1. The van der Waals surface area contributed by atoms with Crippen LogP contribution in [-0.4, -0.2) is 63.9 Å². The van der Waals surface area contributed by atoms with Gasteiger partial charge in [-0.1, -0.05) is 146 Å². The number of aromatic nitrogens is 5. The van der Waals surface area contributed by atoms with E-state index in [9.17, 15) is 38.9 Å². The van der Waals surface area contributed by atoms with E-state index >= 15 is 0 Å². The van der Waals surface area contributed by atoms with Crippen LogP contribution in [0.1, 0.15) is 127 Å². The maximum atomic E-state index is 12.8. The van der Waals surface area contributed by atoms with E-state index in [4.69, 9.17) is 67.3 Å². The van der Waals surface area contributed by atoms with Gasteiger partial charge in [0.1, 0.15) is 22.6 Å². The second-order valence-electron chi connectivity index (χ2n) is 24.2. The summed E-state index contributed by atoms with van der Waals surface area (Å²) in [6.07, 6.45) is 0. The number of nitrogen functional groups attached to an aromatic ring is 1. The fourth-order valence-electron chi connectivity index (χ4n) is 9.04. The number of nitrogens with two attached hydrogens (primary N) is 1. The van der Waals surface area contributed by atoms with Crippen LogP contribution in [0.2, 0.25) is 10.0 Å². The Bertz CT molecular complexity index is 4910. The van der Waals surface area contributed by atoms with Crippen LogP contribution in [-0.2, 0) is 85.6 Å². The molecular formula is C67H75Cl2K2N12O12S4Zn+. The molecule has 0 amide bonds. The van der Waals surface area contributed by atoms with E-state index in [2.05, 4.69) is 109 Å². The zero-order chi connectivity index (χ0) is 74.0. The van der Waals surface area contributed by atoms with Crippen molar-refractivity contribution >= 4 is 98.3 Å². The predicted octanol–water partition coefficient (Wildman–Crippen LogP) is 5.42. The number of hydrogen-bond donors (Lipinski definition) is 5. The summed E-state index contributed by atoms with van der Waals surface area (Å²) < 4.78 is 119. The molecule has 9 aromatic rings. The molecule has 0 unspecified atom stereocenters. The van der Waals surface area contributed by atoms with Crippen LogP contribution >= 0.6 is 23.2 Å². The van der Waals surface area contributed by atoms with Crippen molar-refractivity contribution in [2.75, 3.05) is 20.0 Å². The van der Waals surface area contributed by atoms with E-state index < -0.39 is 40.2 Å². The number of nitrogens with one attached hydrogen (secondary N) is 3. The minimum Gasteiger partial charge on any atom is -1.00 e. The maximum absolute atomic E-state index is 12.8. The molecule has 4 aromatic carbocycles. The molecule has 100 heavy (non-hydrogen) atoms. The van der Waals surface area contributed by atoms with Gasteiger partial charge in [-0.15, -0.1) is 4.68 Å². The third kappa shape index (κ3) is 26.5. The number of carbonyl (C=O) groups is 1. The number of fused-ring (bicyclic) bond motifs is 2. The molecule has 5 aromatic heterocycles. The van der Waals surface area contributed by atoms with Gasteiger partial charge in [0.05, 0.1) is 52.7 Å². The molecule has 0 spiro atoms. The summed E-state index contributed by atoms with van der Waals surface area (Å²) in [7, 11) is -15.4. The number of rotatable bonds is 11. The Labute approximate surface area is 695 Å². The van der Waals surface area contributed by atoms with Gasteiger partial charge in [-0.25, -0.2) is 25.9 Å². The van der Waals surface area contributed by atoms with Gasteiger partial charge < -0.3 is 35.2 Å². The van der Waals surface area contributed by atoms with Gasteiger partial charge in [-0.05, 0) is 170 Å². The van der Waals surface area contributed by atoms with E-state index in [0.717, 1.165) is 32.6 Å². The van der Waals surface area contributed by atoms with Gasteiger partial charge in [0.25, 0.3) is 36.6 Å². The topological polar surface area (TPSA) is 378 Å². The average Bonchev–Trinajstić information content (AvgIpc) is 1.74. The molecule has 0 aliphatic heterocycles. The number of benzene rings is 4. The Kier molecular flexibility index (Phi) is 38.1. The molecule has 0 saturated heterocycles. The number of aryl methyl sites for hydroxylation is 5. The molecular weight excluding hydrogens is 1510 g/mol. The first kappa shape index (κ1) is 94.3. The monoisotopic (exact) mass is 1580 g/mol. The number of halogens is 2. The number of pyridine rings is 3. The molecule has 9 rings (SSSR count). The van der Waals surface area contributed by atoms with Gasteiger partial charge in [0.2, 0.25) is 5.69 Å². The van der Waals surface area contributed by atoms with Crippen molar-refractivity contribution in [1.82, 2.24) is 19.2 Å². The van der Waals surface area contributed by atoms with Crippen LogP contribution in [0.15, 0.2) is 153 Å². The van der Waals surface area contributed by atoms with Crippen LogP contribution in [0.3, 0.4) is 0 Å². The summed E-state index contributed by atoms with van der Waals surface area (Å²) in [5.41, 5.74) is 8.61. The van der Waals surface area contributed by atoms with Crippen molar-refractivity contribution in [1.29, 1.82) is 15.8 Å². The molecule has 0 bridgehead atoms. The molecule has 6 N–H and O–H groups in total. The normalized spacial score (nSPS) is 10.9. The molecule has 0 aliphatic rings. The summed E-state index contributed by atoms with van der Waals surface area (Å²) in [4.78, 5) is 11.8. The van der Waals surface area contributed by atoms with Crippen molar-refractivity contribution in [3.63, 3.8) is 0 Å². The summed E-state index contributed by atoms with van der Waals surface area (Å²) >= 11 is 12.2. The fraction of sp³-hybridized carbons (Fsp3) is 0.269. The quantitative estimate of drug-likeness (QED) is 0.0124. The van der Waals surface area contributed by atoms with Crippen molar-refractivity contribution in [3.05, 3.63) is 213 Å². The molecule has 24 nitrogen and oxygen atoms in total. The second-order valence-corrected chi connectivity index (χ2v) is 31.4. The van der Waals surface area contributed by atoms with Gasteiger partial charge in [-0.2, -0.15) is 37.0 Å². The largest absolute Gasteiger partial charge is 2.00 e. The molecule has 0 fully saturated rings. The Morgan fingerprint density at radius 1 is 0.590 bits per heavy atom. The Hall–Kier alpha value is -5.69. The molecule has 33 heteroatoms. The SMILES string of the molecule is CC#Cc1c(Cl)ccc(NS(=O)(=O)c2ccc(C(C)(C)C)cc2)[n+]1N.Cc1cc(C)c(S(=O)(=O)O)c(C)c1.Cc1cc2c(C#N)ccc(NS(=O)(=O)c3ccc(C(C)(C)C)cc3)n2n1.Cc1cc2c(Cl)ccc(NS(=O)(=O)c3ccc(C(C)(C)C)cc3)n2n1.O=CO[O-].[C-]#N.[C-]#N.[H-].[K+].[K+].[Zn+2]. The fourth-order valence-corrected chi connectivity index (χ4v) is 13.5. The van der Waals surface area contributed by atoms with Crippen LogP contribution < -0.4 is 133 Å². The minimum absolute atomic E-state index is 0. The van der Waals surface area contributed by atoms with Gasteiger partial charge in [0, 0.05) is 6.07 Å². The van der Waals surface area contributed by atoms with E-state index in [0.29, 0.717) is 55.0 Å². The Morgan fingerprint density at radius 2 is 0.930 bits per heavy atom. The smallest absolute Gasteiger partial charge is 1.00 e. The minimum atomic E-state index is -4.08. The summed E-state index contributed by atoms with van der Waals surface area (Å²) in [6, 6.07) is 39.0. The molecule has 0 aliphatic carbocycles. The van der Waals surface area contributed by atoms with Gasteiger partial charge in [0.15, 0.2) is 0 Å². The van der Waals surface area contributed by atoms with Gasteiger partial charge >= 0.3 is 138 Å². The Balaban J connectivity index is 0. The van der Waals surface area contributed by atoms with Crippen molar-refractivity contribution in [3.8, 4) is 17.9 Å². The number of sulfonamides is 3. The van der Waals surface area contributed by atoms with E-state index in [-0.39, 0.29) is 178 Å². The number of carbonyl (C=O) groups excluding carboxylic acids is 1. The van der Waals surface area contributed by atoms with Crippen LogP contribution in [0, 0.1) is 81.5 Å². The van der Waals surface area contributed by atoms with Gasteiger partial charge in [-0.3, -0.25) is 24.6 Å². The molecule has 0 saturated carbocycles.